The van der Waals surface area contributed by atoms with Crippen LogP contribution in [0.2, 0.25) is 0 Å². The standard InChI is InChI=1S/C27H30N2O2S2/c1-2-21-6-8-22(9-7-21)18-29(19-23-5-3-14-28-17-23)26(30)20-31-25-12-10-24(11-13-25)27-32-15-4-16-33-27/h3,5-14,17,27H,2,4,15-16,18-20H2,1H3. The van der Waals surface area contributed by atoms with E-state index in [0.717, 1.165) is 23.3 Å². The predicted molar refractivity (Wildman–Crippen MR) is 139 cm³/mol. The van der Waals surface area contributed by atoms with Gasteiger partial charge in [-0.3, -0.25) is 9.78 Å². The number of aryl methyl sites for hydroxylation is 1. The number of hydrogen-bond donors (Lipinski definition) is 0. The molecule has 0 saturated carbocycles. The Morgan fingerprint density at radius 1 is 0.970 bits per heavy atom. The molecule has 1 saturated heterocycles. The summed E-state index contributed by atoms with van der Waals surface area (Å²) in [7, 11) is 0. The van der Waals surface area contributed by atoms with Crippen LogP contribution in [0.3, 0.4) is 0 Å². The van der Waals surface area contributed by atoms with E-state index in [0.29, 0.717) is 17.7 Å². The molecule has 2 aromatic carbocycles. The fourth-order valence-electron chi connectivity index (χ4n) is 3.68. The third kappa shape index (κ3) is 7.02. The van der Waals surface area contributed by atoms with E-state index in [1.807, 2.05) is 52.7 Å². The lowest BCUT2D eigenvalue weighted by atomic mass is 10.1. The monoisotopic (exact) mass is 478 g/mol. The first-order valence-corrected chi connectivity index (χ1v) is 13.5. The fourth-order valence-corrected chi connectivity index (χ4v) is 6.58. The van der Waals surface area contributed by atoms with Gasteiger partial charge < -0.3 is 9.64 Å². The molecule has 0 bridgehead atoms. The molecule has 6 heteroatoms. The van der Waals surface area contributed by atoms with Crippen molar-refractivity contribution in [3.05, 3.63) is 95.3 Å². The molecule has 4 nitrogen and oxygen atoms in total. The minimum absolute atomic E-state index is 0.0135. The van der Waals surface area contributed by atoms with Crippen LogP contribution in [0.15, 0.2) is 73.1 Å². The lowest BCUT2D eigenvalue weighted by molar-refractivity contribution is -0.134. The molecule has 0 unspecified atom stereocenters. The molecule has 1 aliphatic heterocycles. The highest BCUT2D eigenvalue weighted by atomic mass is 32.2. The number of thioether (sulfide) groups is 2. The zero-order chi connectivity index (χ0) is 22.9. The van der Waals surface area contributed by atoms with Gasteiger partial charge in [-0.1, -0.05) is 49.4 Å². The van der Waals surface area contributed by atoms with Gasteiger partial charge >= 0.3 is 0 Å². The highest BCUT2D eigenvalue weighted by molar-refractivity contribution is 8.16. The molecule has 1 aliphatic rings. The third-order valence-electron chi connectivity index (χ3n) is 5.60. The molecular weight excluding hydrogens is 448 g/mol. The average Bonchev–Trinajstić information content (AvgIpc) is 2.89. The van der Waals surface area contributed by atoms with Gasteiger partial charge in [0.2, 0.25) is 0 Å². The van der Waals surface area contributed by atoms with E-state index >= 15 is 0 Å². The molecule has 33 heavy (non-hydrogen) atoms. The summed E-state index contributed by atoms with van der Waals surface area (Å²) in [4.78, 5) is 19.2. The lowest BCUT2D eigenvalue weighted by Gasteiger charge is -2.23. The third-order valence-corrected chi connectivity index (χ3v) is 8.61. The number of nitrogens with zero attached hydrogens (tertiary/aromatic N) is 2. The fraction of sp³-hybridized carbons (Fsp3) is 0.333. The maximum Gasteiger partial charge on any atom is 0.261 e. The second kappa shape index (κ2) is 12.1. The van der Waals surface area contributed by atoms with Crippen molar-refractivity contribution in [3.8, 4) is 5.75 Å². The van der Waals surface area contributed by atoms with Crippen molar-refractivity contribution >= 4 is 29.4 Å². The molecule has 2 heterocycles. The Balaban J connectivity index is 1.39. The van der Waals surface area contributed by atoms with Crippen molar-refractivity contribution in [1.82, 2.24) is 9.88 Å². The topological polar surface area (TPSA) is 42.4 Å². The predicted octanol–water partition coefficient (Wildman–Crippen LogP) is 6.12. The van der Waals surface area contributed by atoms with Crippen molar-refractivity contribution < 1.29 is 9.53 Å². The van der Waals surface area contributed by atoms with Crippen molar-refractivity contribution in [1.29, 1.82) is 0 Å². The number of amides is 1. The first kappa shape index (κ1) is 23.7. The van der Waals surface area contributed by atoms with Crippen LogP contribution in [0.1, 0.15) is 40.2 Å². The van der Waals surface area contributed by atoms with Crippen LogP contribution >= 0.6 is 23.5 Å². The molecule has 172 valence electrons. The Morgan fingerprint density at radius 2 is 1.67 bits per heavy atom. The number of aromatic nitrogens is 1. The number of hydrogen-bond acceptors (Lipinski definition) is 5. The van der Waals surface area contributed by atoms with Gasteiger partial charge in [-0.15, -0.1) is 23.5 Å². The Hall–Kier alpha value is -2.44. The number of carbonyl (C=O) groups excluding carboxylic acids is 1. The Kier molecular flexibility index (Phi) is 8.72. The van der Waals surface area contributed by atoms with Crippen LogP contribution in [0, 0.1) is 0 Å². The summed E-state index contributed by atoms with van der Waals surface area (Å²) in [6, 6.07) is 20.6. The number of ether oxygens (including phenoxy) is 1. The average molecular weight is 479 g/mol. The van der Waals surface area contributed by atoms with Gasteiger partial charge in [0.25, 0.3) is 5.91 Å². The van der Waals surface area contributed by atoms with E-state index in [1.165, 1.54) is 29.1 Å². The molecule has 1 fully saturated rings. The Labute approximate surface area is 205 Å². The second-order valence-corrected chi connectivity index (χ2v) is 10.8. The SMILES string of the molecule is CCc1ccc(CN(Cc2cccnc2)C(=O)COc2ccc(C3SCCCS3)cc2)cc1. The highest BCUT2D eigenvalue weighted by Crippen LogP contribution is 2.43. The van der Waals surface area contributed by atoms with Gasteiger partial charge in [-0.05, 0) is 64.8 Å². The van der Waals surface area contributed by atoms with E-state index in [2.05, 4.69) is 48.3 Å². The quantitative estimate of drug-likeness (QED) is 0.371. The summed E-state index contributed by atoms with van der Waals surface area (Å²) in [6.07, 6.45) is 5.84. The van der Waals surface area contributed by atoms with Gasteiger partial charge in [-0.2, -0.15) is 0 Å². The van der Waals surface area contributed by atoms with Crippen LogP contribution < -0.4 is 4.74 Å². The maximum absolute atomic E-state index is 13.1. The van der Waals surface area contributed by atoms with Crippen molar-refractivity contribution in [2.75, 3.05) is 18.1 Å². The van der Waals surface area contributed by atoms with Gasteiger partial charge in [0.05, 0.1) is 4.58 Å². The Morgan fingerprint density at radius 3 is 2.33 bits per heavy atom. The van der Waals surface area contributed by atoms with Gasteiger partial charge in [0.1, 0.15) is 5.75 Å². The van der Waals surface area contributed by atoms with E-state index in [4.69, 9.17) is 4.74 Å². The summed E-state index contributed by atoms with van der Waals surface area (Å²) in [5.74, 6) is 3.13. The van der Waals surface area contributed by atoms with E-state index in [1.54, 1.807) is 12.4 Å². The van der Waals surface area contributed by atoms with Crippen LogP contribution in [0.5, 0.6) is 5.75 Å². The first-order valence-electron chi connectivity index (χ1n) is 11.4. The van der Waals surface area contributed by atoms with E-state index in [9.17, 15) is 4.79 Å². The molecule has 4 rings (SSSR count). The van der Waals surface area contributed by atoms with Gasteiger partial charge in [0, 0.05) is 25.5 Å². The van der Waals surface area contributed by atoms with Crippen LogP contribution in [0.25, 0.3) is 0 Å². The summed E-state index contributed by atoms with van der Waals surface area (Å²) < 4.78 is 6.39. The summed E-state index contributed by atoms with van der Waals surface area (Å²) in [6.45, 7) is 3.19. The number of benzene rings is 2. The molecular formula is C27H30N2O2S2. The molecule has 0 atom stereocenters. The van der Waals surface area contributed by atoms with Crippen LogP contribution in [0.4, 0.5) is 0 Å². The van der Waals surface area contributed by atoms with Gasteiger partial charge in [0.15, 0.2) is 6.61 Å². The minimum Gasteiger partial charge on any atom is -0.484 e. The largest absolute Gasteiger partial charge is 0.484 e. The molecule has 1 amide bonds. The summed E-state index contributed by atoms with van der Waals surface area (Å²) in [5, 5.41) is 0. The lowest BCUT2D eigenvalue weighted by Crippen LogP contribution is -2.34. The van der Waals surface area contributed by atoms with Crippen molar-refractivity contribution in [3.63, 3.8) is 0 Å². The molecule has 0 spiro atoms. The Bertz CT molecular complexity index is 1000. The minimum atomic E-state index is -0.0408. The smallest absolute Gasteiger partial charge is 0.261 e. The molecule has 0 radical (unpaired) electrons. The van der Waals surface area contributed by atoms with Gasteiger partial charge in [-0.25, -0.2) is 0 Å². The molecule has 0 N–H and O–H groups in total. The second-order valence-electron chi connectivity index (χ2n) is 8.07. The van der Waals surface area contributed by atoms with Crippen molar-refractivity contribution in [2.45, 2.75) is 37.4 Å². The number of rotatable bonds is 9. The number of pyridine rings is 1. The zero-order valence-electron chi connectivity index (χ0n) is 19.0. The number of carbonyl (C=O) groups is 1. The molecule has 0 aliphatic carbocycles. The molecule has 3 aromatic rings. The van der Waals surface area contributed by atoms with Crippen molar-refractivity contribution in [2.24, 2.45) is 0 Å². The van der Waals surface area contributed by atoms with E-state index < -0.39 is 0 Å². The maximum atomic E-state index is 13.1. The molecule has 1 aromatic heterocycles. The van der Waals surface area contributed by atoms with Crippen LogP contribution in [-0.2, 0) is 24.3 Å². The summed E-state index contributed by atoms with van der Waals surface area (Å²) in [5.41, 5.74) is 4.72. The van der Waals surface area contributed by atoms with E-state index in [-0.39, 0.29) is 12.5 Å². The van der Waals surface area contributed by atoms with Crippen LogP contribution in [-0.4, -0.2) is 33.9 Å². The summed E-state index contributed by atoms with van der Waals surface area (Å²) >= 11 is 4.01. The zero-order valence-corrected chi connectivity index (χ0v) is 20.6. The highest BCUT2D eigenvalue weighted by Gasteiger charge is 2.18. The normalized spacial score (nSPS) is 14.1. The first-order chi connectivity index (χ1) is 16.2.